The predicted molar refractivity (Wildman–Crippen MR) is 157 cm³/mol. The van der Waals surface area contributed by atoms with Crippen molar-refractivity contribution < 1.29 is 27.9 Å². The third-order valence-electron chi connectivity index (χ3n) is 7.32. The monoisotopic (exact) mass is 579 g/mol. The van der Waals surface area contributed by atoms with E-state index >= 15 is 0 Å². The standard InChI is InChI=1S/C31H37N3O6S/c1-21-10-13-26(14-11-21)41(38,39)33(4)19-29-22(2)18-34(23(3)20-35)31(37)27-17-25(12-15-28(27)40-29)32-30(36)16-24-8-6-5-7-9-24/h5-15,17,22-23,29,35H,16,18-20H2,1-4H3,(H,32,36)/t22-,23+,29-/m1/s1. The number of sulfonamides is 1. The normalized spacial score (nSPS) is 18.2. The topological polar surface area (TPSA) is 116 Å². The Morgan fingerprint density at radius 3 is 2.46 bits per heavy atom. The lowest BCUT2D eigenvalue weighted by atomic mass is 9.99. The van der Waals surface area contributed by atoms with Gasteiger partial charge in [0.1, 0.15) is 11.9 Å². The lowest BCUT2D eigenvalue weighted by Crippen LogP contribution is -2.50. The largest absolute Gasteiger partial charge is 0.488 e. The Morgan fingerprint density at radius 2 is 1.80 bits per heavy atom. The second kappa shape index (κ2) is 12.8. The number of likely N-dealkylation sites (N-methyl/N-ethyl adjacent to an activating group) is 1. The Bertz CT molecular complexity index is 1480. The van der Waals surface area contributed by atoms with Crippen LogP contribution in [-0.4, -0.2) is 73.4 Å². The molecule has 0 fully saturated rings. The van der Waals surface area contributed by atoms with Gasteiger partial charge in [-0.25, -0.2) is 8.42 Å². The van der Waals surface area contributed by atoms with Gasteiger partial charge in [0.05, 0.1) is 36.1 Å². The zero-order valence-electron chi connectivity index (χ0n) is 23.8. The Morgan fingerprint density at radius 1 is 1.12 bits per heavy atom. The summed E-state index contributed by atoms with van der Waals surface area (Å²) >= 11 is 0. The molecule has 41 heavy (non-hydrogen) atoms. The SMILES string of the molecule is Cc1ccc(S(=O)(=O)N(C)C[C@H]2Oc3ccc(NC(=O)Cc4ccccc4)cc3C(=O)N([C@@H](C)CO)C[C@H]2C)cc1. The maximum absolute atomic E-state index is 13.7. The van der Waals surface area contributed by atoms with Crippen molar-refractivity contribution >= 4 is 27.5 Å². The van der Waals surface area contributed by atoms with Gasteiger partial charge in [0.15, 0.2) is 0 Å². The number of anilines is 1. The Kier molecular flexibility index (Phi) is 9.47. The van der Waals surface area contributed by atoms with E-state index in [0.717, 1.165) is 11.1 Å². The van der Waals surface area contributed by atoms with Crippen LogP contribution in [0.1, 0.15) is 35.3 Å². The van der Waals surface area contributed by atoms with E-state index < -0.39 is 22.2 Å². The van der Waals surface area contributed by atoms with Crippen molar-refractivity contribution in [1.82, 2.24) is 9.21 Å². The molecular weight excluding hydrogens is 542 g/mol. The summed E-state index contributed by atoms with van der Waals surface area (Å²) in [4.78, 5) is 28.1. The summed E-state index contributed by atoms with van der Waals surface area (Å²) in [6.07, 6.45) is -0.420. The number of carbonyl (C=O) groups is 2. The van der Waals surface area contributed by atoms with E-state index in [1.807, 2.05) is 44.2 Å². The summed E-state index contributed by atoms with van der Waals surface area (Å²) in [5, 5.41) is 12.8. The highest BCUT2D eigenvalue weighted by Crippen LogP contribution is 2.31. The number of fused-ring (bicyclic) bond motifs is 1. The molecule has 0 radical (unpaired) electrons. The van der Waals surface area contributed by atoms with Crippen molar-refractivity contribution in [3.8, 4) is 5.75 Å². The lowest BCUT2D eigenvalue weighted by molar-refractivity contribution is -0.115. The number of hydrogen-bond donors (Lipinski definition) is 2. The molecule has 3 atom stereocenters. The van der Waals surface area contributed by atoms with E-state index in [2.05, 4.69) is 5.32 Å². The van der Waals surface area contributed by atoms with Crippen molar-refractivity contribution in [2.45, 2.75) is 44.2 Å². The first-order chi connectivity index (χ1) is 19.5. The van der Waals surface area contributed by atoms with Crippen molar-refractivity contribution in [3.63, 3.8) is 0 Å². The molecule has 0 spiro atoms. The summed E-state index contributed by atoms with van der Waals surface area (Å²) in [6.45, 7) is 5.58. The first kappa shape index (κ1) is 30.2. The van der Waals surface area contributed by atoms with Gasteiger partial charge in [-0.2, -0.15) is 4.31 Å². The molecule has 2 N–H and O–H groups in total. The summed E-state index contributed by atoms with van der Waals surface area (Å²) < 4.78 is 34.2. The smallest absolute Gasteiger partial charge is 0.258 e. The zero-order valence-corrected chi connectivity index (χ0v) is 24.6. The quantitative estimate of drug-likeness (QED) is 0.399. The fourth-order valence-corrected chi connectivity index (χ4v) is 5.93. The van der Waals surface area contributed by atoms with Crippen molar-refractivity contribution in [2.75, 3.05) is 32.1 Å². The van der Waals surface area contributed by atoms with Crippen LogP contribution in [0.4, 0.5) is 5.69 Å². The van der Waals surface area contributed by atoms with Gasteiger partial charge in [-0.05, 0) is 49.7 Å². The Labute approximate surface area is 241 Å². The number of nitrogens with one attached hydrogen (secondary N) is 1. The third kappa shape index (κ3) is 7.13. The van der Waals surface area contributed by atoms with Crippen molar-refractivity contribution in [1.29, 1.82) is 0 Å². The Hall–Kier alpha value is -3.73. The molecule has 3 aromatic rings. The third-order valence-corrected chi connectivity index (χ3v) is 9.16. The van der Waals surface area contributed by atoms with Gasteiger partial charge in [0.25, 0.3) is 5.91 Å². The predicted octanol–water partition coefficient (Wildman–Crippen LogP) is 3.72. The maximum atomic E-state index is 13.7. The number of carbonyl (C=O) groups excluding carboxylic acids is 2. The number of aliphatic hydroxyl groups excluding tert-OH is 1. The minimum atomic E-state index is -3.78. The molecule has 1 aliphatic rings. The van der Waals surface area contributed by atoms with Gasteiger partial charge in [-0.3, -0.25) is 9.59 Å². The average Bonchev–Trinajstić information content (AvgIpc) is 2.95. The molecule has 0 aliphatic carbocycles. The highest BCUT2D eigenvalue weighted by atomic mass is 32.2. The van der Waals surface area contributed by atoms with Crippen LogP contribution >= 0.6 is 0 Å². The van der Waals surface area contributed by atoms with E-state index in [-0.39, 0.29) is 60.1 Å². The van der Waals surface area contributed by atoms with Crippen LogP contribution in [0.15, 0.2) is 77.7 Å². The van der Waals surface area contributed by atoms with Crippen LogP contribution in [0.2, 0.25) is 0 Å². The number of benzene rings is 3. The van der Waals surface area contributed by atoms with Gasteiger partial charge in [0, 0.05) is 25.2 Å². The molecular formula is C31H37N3O6S. The van der Waals surface area contributed by atoms with E-state index in [0.29, 0.717) is 5.69 Å². The minimum absolute atomic E-state index is 0.0436. The fraction of sp³-hybridized carbons (Fsp3) is 0.355. The molecule has 9 nitrogen and oxygen atoms in total. The van der Waals surface area contributed by atoms with Gasteiger partial charge in [-0.1, -0.05) is 55.0 Å². The molecule has 0 saturated carbocycles. The van der Waals surface area contributed by atoms with Crippen molar-refractivity contribution in [3.05, 3.63) is 89.5 Å². The molecule has 0 bridgehead atoms. The number of hydrogen-bond acceptors (Lipinski definition) is 6. The second-order valence-corrected chi connectivity index (χ2v) is 12.7. The molecule has 3 aromatic carbocycles. The number of amides is 2. The zero-order chi connectivity index (χ0) is 29.7. The maximum Gasteiger partial charge on any atom is 0.258 e. The Balaban J connectivity index is 1.61. The lowest BCUT2D eigenvalue weighted by Gasteiger charge is -2.38. The van der Waals surface area contributed by atoms with E-state index in [4.69, 9.17) is 4.74 Å². The molecule has 4 rings (SSSR count). The molecule has 0 aromatic heterocycles. The molecule has 1 aliphatic heterocycles. The molecule has 0 unspecified atom stereocenters. The highest BCUT2D eigenvalue weighted by Gasteiger charge is 2.35. The van der Waals surface area contributed by atoms with E-state index in [1.165, 1.54) is 11.4 Å². The summed E-state index contributed by atoms with van der Waals surface area (Å²) in [5.74, 6) is -0.553. The van der Waals surface area contributed by atoms with Crippen molar-refractivity contribution in [2.24, 2.45) is 5.92 Å². The molecule has 0 saturated heterocycles. The number of ether oxygens (including phenoxy) is 1. The van der Waals surface area contributed by atoms with Crippen LogP contribution in [-0.2, 0) is 21.2 Å². The number of nitrogens with zero attached hydrogens (tertiary/aromatic N) is 2. The number of rotatable bonds is 9. The van der Waals surface area contributed by atoms with E-state index in [9.17, 15) is 23.1 Å². The highest BCUT2D eigenvalue weighted by molar-refractivity contribution is 7.89. The number of aryl methyl sites for hydroxylation is 1. The van der Waals surface area contributed by atoms with E-state index in [1.54, 1.807) is 54.3 Å². The van der Waals surface area contributed by atoms with Crippen LogP contribution in [0, 0.1) is 12.8 Å². The second-order valence-electron chi connectivity index (χ2n) is 10.6. The summed E-state index contributed by atoms with van der Waals surface area (Å²) in [7, 11) is -2.27. The molecule has 218 valence electrons. The van der Waals surface area contributed by atoms with Gasteiger partial charge in [0.2, 0.25) is 15.9 Å². The fourth-order valence-electron chi connectivity index (χ4n) is 4.75. The first-order valence-corrected chi connectivity index (χ1v) is 15.0. The summed E-state index contributed by atoms with van der Waals surface area (Å²) in [5.41, 5.74) is 2.48. The summed E-state index contributed by atoms with van der Waals surface area (Å²) in [6, 6.07) is 20.4. The minimum Gasteiger partial charge on any atom is -0.488 e. The van der Waals surface area contributed by atoms with Crippen LogP contribution in [0.3, 0.4) is 0 Å². The van der Waals surface area contributed by atoms with Crippen LogP contribution < -0.4 is 10.1 Å². The van der Waals surface area contributed by atoms with Gasteiger partial charge < -0.3 is 20.1 Å². The molecule has 1 heterocycles. The van der Waals surface area contributed by atoms with Crippen LogP contribution in [0.25, 0.3) is 0 Å². The molecule has 10 heteroatoms. The first-order valence-electron chi connectivity index (χ1n) is 13.6. The van der Waals surface area contributed by atoms with Crippen LogP contribution in [0.5, 0.6) is 5.75 Å². The number of aliphatic hydroxyl groups is 1. The van der Waals surface area contributed by atoms with Gasteiger partial charge >= 0.3 is 0 Å². The average molecular weight is 580 g/mol. The molecule has 2 amide bonds. The van der Waals surface area contributed by atoms with Gasteiger partial charge in [-0.15, -0.1) is 0 Å².